The van der Waals surface area contributed by atoms with Crippen LogP contribution in [0.25, 0.3) is 98.7 Å². The SMILES string of the molecule is COc1ccc2c(c1)c(C)cc[n+]2C.Cc1ccc2c(=O)c3ccccc3[nH]c2n1.Cc1ccc2c(C(F)(F)F)cc(=O)[nH]c2c1.Cc1ccc2c(C(F)(F)F)cc(=O)oc2c1.Cc1ccc2c(C)cc(=O)[nH]c2c1.Cc1ccc2c(C)cc(=O)oc2c1.Cc1ccc2c(c1)N=C(c1c(O)n(C)c(=S)n(C)c1=O)C2(C)C.Cc1nc2oc3ccccc3c(=O)c2cc1C#N. The van der Waals surface area contributed by atoms with Gasteiger partial charge in [0.25, 0.3) is 5.56 Å². The Balaban J connectivity index is 0.000000134. The molecule has 0 spiro atoms. The van der Waals surface area contributed by atoms with Crippen molar-refractivity contribution in [3.8, 4) is 17.7 Å². The number of ether oxygens (including phenoxy) is 1. The van der Waals surface area contributed by atoms with Crippen LogP contribution in [0.2, 0.25) is 0 Å². The number of nitrogens with zero attached hydrogens (tertiary/aromatic N) is 7. The molecule has 8 aromatic carbocycles. The molecule has 18 aromatic rings. The van der Waals surface area contributed by atoms with E-state index in [2.05, 4.69) is 65.8 Å². The van der Waals surface area contributed by atoms with Crippen molar-refractivity contribution in [3.05, 3.63) is 373 Å². The Morgan fingerprint density at radius 1 is 0.496 bits per heavy atom. The average molecular weight is 1770 g/mol. The molecule has 1 aliphatic rings. The number of methoxy groups -OCH3 is 1. The molecule has 11 heterocycles. The lowest BCUT2D eigenvalue weighted by atomic mass is 9.79. The number of alkyl halides is 6. The largest absolute Gasteiger partial charge is 0.497 e. The van der Waals surface area contributed by atoms with Crippen LogP contribution in [0.1, 0.15) is 97.6 Å². The number of para-hydroxylation sites is 2. The molecule has 129 heavy (non-hydrogen) atoms. The number of hydrogen-bond acceptors (Lipinski definition) is 17. The normalized spacial score (nSPS) is 11.9. The number of halogens is 6. The van der Waals surface area contributed by atoms with E-state index < -0.39 is 40.1 Å². The first-order chi connectivity index (χ1) is 60.9. The first-order valence-electron chi connectivity index (χ1n) is 40.1. The number of aromatic nitrogens is 8. The predicted octanol–water partition coefficient (Wildman–Crippen LogP) is 20.3. The first kappa shape index (κ1) is 92.9. The van der Waals surface area contributed by atoms with Gasteiger partial charge in [0, 0.05) is 99.6 Å². The highest BCUT2D eigenvalue weighted by Crippen LogP contribution is 2.43. The Hall–Kier alpha value is -15.3. The highest BCUT2D eigenvalue weighted by atomic mass is 32.1. The van der Waals surface area contributed by atoms with E-state index in [1.807, 2.05) is 166 Å². The van der Waals surface area contributed by atoms with Gasteiger partial charge in [0.1, 0.15) is 46.8 Å². The number of aromatic amines is 3. The van der Waals surface area contributed by atoms with Crippen LogP contribution in [0, 0.1) is 85.3 Å². The molecule has 0 saturated heterocycles. The third-order valence-corrected chi connectivity index (χ3v) is 22.0. The van der Waals surface area contributed by atoms with Crippen molar-refractivity contribution in [1.29, 1.82) is 5.26 Å². The number of aryl methyl sites for hydroxylation is 11. The van der Waals surface area contributed by atoms with Gasteiger partial charge >= 0.3 is 23.6 Å². The number of aromatic hydroxyl groups is 1. The predicted molar refractivity (Wildman–Crippen MR) is 494 cm³/mol. The van der Waals surface area contributed by atoms with E-state index in [0.717, 1.165) is 83.4 Å². The van der Waals surface area contributed by atoms with Gasteiger partial charge < -0.3 is 38.0 Å². The molecule has 0 radical (unpaired) electrons. The molecule has 0 bridgehead atoms. The van der Waals surface area contributed by atoms with Crippen LogP contribution in [-0.4, -0.2) is 52.0 Å². The van der Waals surface area contributed by atoms with Gasteiger partial charge in [-0.25, -0.2) is 24.1 Å². The maximum absolute atomic E-state index is 12.7. The van der Waals surface area contributed by atoms with E-state index in [-0.39, 0.29) is 71.4 Å². The van der Waals surface area contributed by atoms with E-state index in [1.165, 1.54) is 68.1 Å². The van der Waals surface area contributed by atoms with E-state index >= 15 is 0 Å². The van der Waals surface area contributed by atoms with Crippen molar-refractivity contribution in [2.75, 3.05) is 7.11 Å². The number of H-pyrrole nitrogens is 3. The molecule has 1 aliphatic heterocycles. The maximum Gasteiger partial charge on any atom is 0.417 e. The third-order valence-electron chi connectivity index (χ3n) is 21.5. The number of rotatable bonds is 2. The summed E-state index contributed by atoms with van der Waals surface area (Å²) in [6.45, 7) is 23.1. The number of aliphatic imine (C=N–C) groups is 1. The van der Waals surface area contributed by atoms with Gasteiger partial charge in [-0.2, -0.15) is 31.6 Å². The van der Waals surface area contributed by atoms with E-state index in [4.69, 9.17) is 35.5 Å². The van der Waals surface area contributed by atoms with Crippen molar-refractivity contribution in [3.63, 3.8) is 0 Å². The first-order valence-corrected chi connectivity index (χ1v) is 40.5. The van der Waals surface area contributed by atoms with Crippen LogP contribution in [0.4, 0.5) is 32.0 Å². The minimum absolute atomic E-state index is 0.0118. The summed E-state index contributed by atoms with van der Waals surface area (Å²) in [5.41, 5.74) is 13.1. The lowest BCUT2D eigenvalue weighted by molar-refractivity contribution is -0.644. The zero-order chi connectivity index (χ0) is 93.7. The molecule has 29 heteroatoms. The van der Waals surface area contributed by atoms with E-state index in [9.17, 15) is 65.0 Å². The Morgan fingerprint density at radius 3 is 1.67 bits per heavy atom. The van der Waals surface area contributed by atoms with Crippen molar-refractivity contribution in [2.24, 2.45) is 26.1 Å². The molecule has 0 amide bonds. The summed E-state index contributed by atoms with van der Waals surface area (Å²) in [4.78, 5) is 103. The number of nitrogens with one attached hydrogen (secondary N) is 3. The number of hydrogen-bond donors (Lipinski definition) is 4. The molecule has 19 rings (SSSR count). The van der Waals surface area contributed by atoms with Crippen LogP contribution in [0.3, 0.4) is 0 Å². The lowest BCUT2D eigenvalue weighted by Crippen LogP contribution is -2.35. The topological polar surface area (TPSA) is 311 Å². The molecule has 4 N–H and O–H groups in total. The molecule has 0 fully saturated rings. The van der Waals surface area contributed by atoms with Gasteiger partial charge in [-0.1, -0.05) is 98.8 Å². The molecule has 0 unspecified atom stereocenters. The molecule has 10 aromatic heterocycles. The minimum atomic E-state index is -4.55. The Kier molecular flexibility index (Phi) is 27.3. The Bertz CT molecular complexity index is 7910. The fraction of sp³-hybridized carbons (Fsp3) is 0.190. The fourth-order valence-electron chi connectivity index (χ4n) is 14.6. The van der Waals surface area contributed by atoms with Gasteiger partial charge in [-0.15, -0.1) is 0 Å². The number of benzene rings is 8. The summed E-state index contributed by atoms with van der Waals surface area (Å²) in [5.74, 6) is 0.765. The van der Waals surface area contributed by atoms with Gasteiger partial charge in [0.05, 0.1) is 68.0 Å². The van der Waals surface area contributed by atoms with Crippen molar-refractivity contribution >= 4 is 122 Å². The zero-order valence-corrected chi connectivity index (χ0v) is 73.8. The number of nitriles is 1. The minimum Gasteiger partial charge on any atom is -0.497 e. The van der Waals surface area contributed by atoms with Crippen molar-refractivity contribution in [2.45, 2.75) is 101 Å². The number of fused-ring (bicyclic) bond motifs is 10. The second-order valence-electron chi connectivity index (χ2n) is 31.5. The quantitative estimate of drug-likeness (QED) is 0.0411. The standard InChI is InChI=1S/C17H19N3O2S.C14H8N2O2.C13H10N2O.C12H14NO.C11H8F3NO.C11H7F3O2.C11H11NO.C11H10O2/c1-9-6-7-10-11(8-9)18-13(17(10,2)3)12-14(21)19(4)16(23)20(5)15(12)22;1-8-9(7-15)6-11-13(17)10-4-2-3-5-12(10)18-14(11)16-8;1-8-6-7-10-12(16)9-4-2-3-5-11(9)15-13(10)14-8;1-9-6-7-13(2)12-5-4-10(14-3)8-11(9)12;1-6-2-3-7-8(11(12,13)14)5-10(16)15-9(7)4-6;1-6-2-3-7-8(11(12,13)14)5-10(15)16-9(7)4-6;1-7-3-4-9-8(2)6-11(13)12-10(9)5-7;1-7-3-4-9-8(2)6-11(12)13-10(9)5-7/h6-8,21H,1-5H3;2-6H,1H3;2-7H,1H3,(H,14,15,16);4-8H,1-3H3;2-5H,1H3,(H,15,16);2-5H,1H3;3-6H,1-2H3,(H,12,13);3-6H,1-2H3/q;;;+1;;;;. The van der Waals surface area contributed by atoms with Crippen molar-refractivity contribution in [1.82, 2.24) is 34.1 Å². The van der Waals surface area contributed by atoms with Gasteiger partial charge in [0.2, 0.25) is 33.7 Å². The van der Waals surface area contributed by atoms with Crippen LogP contribution in [0.15, 0.2) is 264 Å². The summed E-state index contributed by atoms with van der Waals surface area (Å²) < 4.78 is 102. The average Bonchev–Trinajstić information content (AvgIpc) is 1.50. The molecule has 0 atom stereocenters. The smallest absolute Gasteiger partial charge is 0.417 e. The molecular formula is C100H87F6N10O12S+. The van der Waals surface area contributed by atoms with Crippen LogP contribution in [-0.2, 0) is 38.9 Å². The van der Waals surface area contributed by atoms with Gasteiger partial charge in [0.15, 0.2) is 16.4 Å². The Morgan fingerprint density at radius 2 is 1.03 bits per heavy atom. The van der Waals surface area contributed by atoms with E-state index in [1.54, 1.807) is 78.4 Å². The zero-order valence-electron chi connectivity index (χ0n) is 73.0. The monoisotopic (exact) mass is 1770 g/mol. The van der Waals surface area contributed by atoms with E-state index in [0.29, 0.717) is 67.5 Å². The summed E-state index contributed by atoms with van der Waals surface area (Å²) >= 11 is 5.17. The van der Waals surface area contributed by atoms with Crippen molar-refractivity contribution < 1.29 is 54.0 Å². The van der Waals surface area contributed by atoms with Crippen LogP contribution >= 0.6 is 12.2 Å². The highest BCUT2D eigenvalue weighted by Gasteiger charge is 2.40. The highest BCUT2D eigenvalue weighted by molar-refractivity contribution is 7.71. The Labute approximate surface area is 736 Å². The summed E-state index contributed by atoms with van der Waals surface area (Å²) in [7, 11) is 6.99. The van der Waals surface area contributed by atoms with Gasteiger partial charge in [-0.05, 0) is 216 Å². The van der Waals surface area contributed by atoms with Crippen LogP contribution in [0.5, 0.6) is 11.6 Å². The third kappa shape index (κ3) is 20.6. The maximum atomic E-state index is 12.7. The van der Waals surface area contributed by atoms with Gasteiger partial charge in [-0.3, -0.25) is 38.1 Å². The molecule has 0 saturated carbocycles. The molecule has 656 valence electrons. The second kappa shape index (κ2) is 37.9. The van der Waals surface area contributed by atoms with Crippen LogP contribution < -0.4 is 48.1 Å². The second-order valence-corrected chi connectivity index (χ2v) is 31.9. The summed E-state index contributed by atoms with van der Waals surface area (Å²) in [5, 5.41) is 24.9. The molecule has 0 aliphatic carbocycles. The number of pyridine rings is 6. The summed E-state index contributed by atoms with van der Waals surface area (Å²) in [6, 6.07) is 60.9. The lowest BCUT2D eigenvalue weighted by Gasteiger charge is -2.23. The molecule has 22 nitrogen and oxygen atoms in total. The fourth-order valence-corrected chi connectivity index (χ4v) is 14.8. The summed E-state index contributed by atoms with van der Waals surface area (Å²) in [6.07, 6.45) is -6.99. The molecular weight excluding hydrogens is 1680 g/mol.